The number of aliphatic hydroxyl groups excluding tert-OH is 1. The minimum Gasteiger partial charge on any atom is -0.457 e. The molecular formula is C58H108O4. The van der Waals surface area contributed by atoms with E-state index in [1.54, 1.807) is 0 Å². The number of rotatable bonds is 52. The Bertz CT molecular complexity index is 966. The third-order valence-electron chi connectivity index (χ3n) is 12.4. The molecule has 4 heteroatoms. The molecule has 0 aromatic rings. The van der Waals surface area contributed by atoms with Crippen molar-refractivity contribution >= 4 is 5.97 Å². The van der Waals surface area contributed by atoms with Crippen LogP contribution in [0.15, 0.2) is 48.6 Å². The minimum absolute atomic E-state index is 0.169. The van der Waals surface area contributed by atoms with Gasteiger partial charge in [0.15, 0.2) is 0 Å². The van der Waals surface area contributed by atoms with Crippen molar-refractivity contribution in [3.8, 4) is 0 Å². The lowest BCUT2D eigenvalue weighted by molar-refractivity contribution is -0.154. The average Bonchev–Trinajstić information content (AvgIpc) is 3.28. The van der Waals surface area contributed by atoms with E-state index in [1.807, 2.05) is 0 Å². The van der Waals surface area contributed by atoms with Crippen molar-refractivity contribution in [1.29, 1.82) is 0 Å². The standard InChI is InChI=1S/C58H108O4/c1-3-5-7-9-11-13-15-17-19-21-23-25-27-29-30-32-34-36-38-40-42-44-46-48-50-52-54-61-56-57(55-59)62-58(60)53-51-49-47-45-43-41-39-37-35-33-31-28-26-24-22-20-18-16-14-12-10-8-6-4-2/h5,7,11,13,17,19,23,25,57,59H,3-4,6,8-10,12,14-16,18,20-22,24,26-56H2,1-2H3/b7-5-,13-11-,19-17-,25-23-. The van der Waals surface area contributed by atoms with Gasteiger partial charge in [-0.05, 0) is 51.4 Å². The first-order chi connectivity index (χ1) is 30.7. The first-order valence-corrected chi connectivity index (χ1v) is 27.7. The second kappa shape index (κ2) is 55.5. The summed E-state index contributed by atoms with van der Waals surface area (Å²) in [5.74, 6) is -0.195. The molecule has 0 aliphatic rings. The van der Waals surface area contributed by atoms with Gasteiger partial charge in [-0.2, -0.15) is 0 Å². The van der Waals surface area contributed by atoms with Gasteiger partial charge in [-0.15, -0.1) is 0 Å². The van der Waals surface area contributed by atoms with Crippen LogP contribution in [-0.4, -0.2) is 37.0 Å². The van der Waals surface area contributed by atoms with Crippen molar-refractivity contribution in [2.75, 3.05) is 19.8 Å². The van der Waals surface area contributed by atoms with Crippen LogP contribution < -0.4 is 0 Å². The summed E-state index contributed by atoms with van der Waals surface area (Å²) in [4.78, 5) is 12.3. The third-order valence-corrected chi connectivity index (χ3v) is 12.4. The predicted octanol–water partition coefficient (Wildman–Crippen LogP) is 18.9. The highest BCUT2D eigenvalue weighted by molar-refractivity contribution is 5.69. The molecule has 0 heterocycles. The van der Waals surface area contributed by atoms with Crippen LogP contribution >= 0.6 is 0 Å². The zero-order chi connectivity index (χ0) is 44.8. The van der Waals surface area contributed by atoms with Gasteiger partial charge in [0.25, 0.3) is 0 Å². The van der Waals surface area contributed by atoms with E-state index in [4.69, 9.17) is 9.47 Å². The first kappa shape index (κ1) is 60.4. The first-order valence-electron chi connectivity index (χ1n) is 27.7. The molecule has 0 amide bonds. The Labute approximate surface area is 388 Å². The number of carbonyl (C=O) groups is 1. The summed E-state index contributed by atoms with van der Waals surface area (Å²) in [7, 11) is 0. The molecule has 1 unspecified atom stereocenters. The number of aliphatic hydroxyl groups is 1. The lowest BCUT2D eigenvalue weighted by atomic mass is 10.0. The summed E-state index contributed by atoms with van der Waals surface area (Å²) in [5, 5.41) is 9.67. The Balaban J connectivity index is 3.36. The van der Waals surface area contributed by atoms with E-state index in [9.17, 15) is 9.90 Å². The highest BCUT2D eigenvalue weighted by Crippen LogP contribution is 2.17. The smallest absolute Gasteiger partial charge is 0.306 e. The molecule has 364 valence electrons. The molecule has 0 aromatic heterocycles. The number of carbonyl (C=O) groups excluding carboxylic acids is 1. The molecule has 0 bridgehead atoms. The number of unbranched alkanes of at least 4 members (excludes halogenated alkanes) is 36. The summed E-state index contributed by atoms with van der Waals surface area (Å²) in [5.41, 5.74) is 0. The van der Waals surface area contributed by atoms with Crippen LogP contribution in [0.3, 0.4) is 0 Å². The van der Waals surface area contributed by atoms with E-state index < -0.39 is 6.10 Å². The van der Waals surface area contributed by atoms with Gasteiger partial charge in [-0.1, -0.05) is 281 Å². The average molecular weight is 869 g/mol. The van der Waals surface area contributed by atoms with Gasteiger partial charge >= 0.3 is 5.97 Å². The van der Waals surface area contributed by atoms with Crippen molar-refractivity contribution in [2.24, 2.45) is 0 Å². The van der Waals surface area contributed by atoms with Gasteiger partial charge in [0.2, 0.25) is 0 Å². The molecular weight excluding hydrogens is 761 g/mol. The van der Waals surface area contributed by atoms with Gasteiger partial charge in [0.1, 0.15) is 6.10 Å². The summed E-state index contributed by atoms with van der Waals surface area (Å²) in [6.07, 6.45) is 73.7. The molecule has 0 aliphatic heterocycles. The van der Waals surface area contributed by atoms with Gasteiger partial charge in [0, 0.05) is 13.0 Å². The summed E-state index contributed by atoms with van der Waals surface area (Å²) < 4.78 is 11.2. The van der Waals surface area contributed by atoms with Crippen LogP contribution in [0.1, 0.15) is 290 Å². The van der Waals surface area contributed by atoms with Crippen LogP contribution in [0.25, 0.3) is 0 Å². The maximum absolute atomic E-state index is 12.3. The SMILES string of the molecule is CC/C=C\C/C=C\C/C=C\C/C=C\CCCCCCCCCCCCCCCOCC(CO)OC(=O)CCCCCCCCCCCCCCCCCCCCCCCCCC. The Morgan fingerprint density at radius 2 is 0.726 bits per heavy atom. The second-order valence-electron chi connectivity index (χ2n) is 18.6. The Kier molecular flexibility index (Phi) is 54.0. The zero-order valence-corrected chi connectivity index (χ0v) is 41.9. The molecule has 0 aromatic carbocycles. The molecule has 0 radical (unpaired) electrons. The summed E-state index contributed by atoms with van der Waals surface area (Å²) in [6.45, 7) is 5.28. The van der Waals surface area contributed by atoms with E-state index in [2.05, 4.69) is 62.5 Å². The highest BCUT2D eigenvalue weighted by atomic mass is 16.6. The van der Waals surface area contributed by atoms with Gasteiger partial charge in [-0.3, -0.25) is 4.79 Å². The van der Waals surface area contributed by atoms with Gasteiger partial charge in [-0.25, -0.2) is 0 Å². The molecule has 0 fully saturated rings. The van der Waals surface area contributed by atoms with Gasteiger partial charge < -0.3 is 14.6 Å². The molecule has 0 saturated heterocycles. The van der Waals surface area contributed by atoms with Crippen molar-refractivity contribution < 1.29 is 19.4 Å². The molecule has 1 N–H and O–H groups in total. The normalized spacial score (nSPS) is 12.6. The quantitative estimate of drug-likeness (QED) is 0.0376. The Morgan fingerprint density at radius 1 is 0.403 bits per heavy atom. The zero-order valence-electron chi connectivity index (χ0n) is 41.9. The molecule has 0 spiro atoms. The largest absolute Gasteiger partial charge is 0.457 e. The minimum atomic E-state index is -0.534. The Hall–Kier alpha value is -1.65. The molecule has 62 heavy (non-hydrogen) atoms. The van der Waals surface area contributed by atoms with E-state index in [-0.39, 0.29) is 12.6 Å². The molecule has 1 atom stereocenters. The van der Waals surface area contributed by atoms with Crippen molar-refractivity contribution in [3.63, 3.8) is 0 Å². The fourth-order valence-corrected chi connectivity index (χ4v) is 8.32. The topological polar surface area (TPSA) is 55.8 Å². The second-order valence-corrected chi connectivity index (χ2v) is 18.6. The maximum Gasteiger partial charge on any atom is 0.306 e. The number of hydrogen-bond acceptors (Lipinski definition) is 4. The number of allylic oxidation sites excluding steroid dienone is 8. The molecule has 0 aliphatic carbocycles. The van der Waals surface area contributed by atoms with Crippen molar-refractivity contribution in [3.05, 3.63) is 48.6 Å². The van der Waals surface area contributed by atoms with Crippen LogP contribution in [0, 0.1) is 0 Å². The maximum atomic E-state index is 12.3. The van der Waals surface area contributed by atoms with Crippen LogP contribution in [0.4, 0.5) is 0 Å². The number of esters is 1. The lowest BCUT2D eigenvalue weighted by Gasteiger charge is -2.16. The van der Waals surface area contributed by atoms with Crippen LogP contribution in [0.2, 0.25) is 0 Å². The Morgan fingerprint density at radius 3 is 1.10 bits per heavy atom. The third kappa shape index (κ3) is 52.7. The number of hydrogen-bond donors (Lipinski definition) is 1. The summed E-state index contributed by atoms with van der Waals surface area (Å²) in [6, 6.07) is 0. The highest BCUT2D eigenvalue weighted by Gasteiger charge is 2.13. The monoisotopic (exact) mass is 869 g/mol. The van der Waals surface area contributed by atoms with E-state index in [1.165, 1.54) is 225 Å². The fourth-order valence-electron chi connectivity index (χ4n) is 8.32. The van der Waals surface area contributed by atoms with Gasteiger partial charge in [0.05, 0.1) is 13.2 Å². The summed E-state index contributed by atoms with van der Waals surface area (Å²) >= 11 is 0. The fraction of sp³-hybridized carbons (Fsp3) is 0.845. The predicted molar refractivity (Wildman–Crippen MR) is 274 cm³/mol. The van der Waals surface area contributed by atoms with E-state index in [0.717, 1.165) is 44.9 Å². The van der Waals surface area contributed by atoms with Crippen molar-refractivity contribution in [2.45, 2.75) is 296 Å². The molecule has 0 saturated carbocycles. The molecule has 4 nitrogen and oxygen atoms in total. The molecule has 0 rings (SSSR count). The van der Waals surface area contributed by atoms with Crippen LogP contribution in [-0.2, 0) is 14.3 Å². The van der Waals surface area contributed by atoms with E-state index in [0.29, 0.717) is 19.6 Å². The van der Waals surface area contributed by atoms with Crippen molar-refractivity contribution in [1.82, 2.24) is 0 Å². The van der Waals surface area contributed by atoms with Crippen LogP contribution in [0.5, 0.6) is 0 Å². The van der Waals surface area contributed by atoms with E-state index >= 15 is 0 Å². The number of ether oxygens (including phenoxy) is 2. The lowest BCUT2D eigenvalue weighted by Crippen LogP contribution is -2.27.